The molecule has 1 aromatic heterocycles. The van der Waals surface area contributed by atoms with Crippen molar-refractivity contribution in [3.8, 4) is 12.3 Å². The second-order valence-corrected chi connectivity index (χ2v) is 3.76. The van der Waals surface area contributed by atoms with Crippen molar-refractivity contribution in [1.82, 2.24) is 0 Å². The second-order valence-electron chi connectivity index (χ2n) is 2.64. The maximum absolute atomic E-state index is 5.29. The van der Waals surface area contributed by atoms with Gasteiger partial charge in [0.1, 0.15) is 0 Å². The van der Waals surface area contributed by atoms with Crippen molar-refractivity contribution in [2.75, 3.05) is 0 Å². The average molecular weight is 172 g/mol. The molecule has 0 amide bonds. The van der Waals surface area contributed by atoms with Gasteiger partial charge in [0.15, 0.2) is 0 Å². The maximum atomic E-state index is 5.29. The first-order valence-corrected chi connectivity index (χ1v) is 4.63. The summed E-state index contributed by atoms with van der Waals surface area (Å²) in [4.78, 5) is 2.34. The van der Waals surface area contributed by atoms with Crippen LogP contribution in [0.25, 0.3) is 0 Å². The molecule has 0 saturated heterocycles. The Labute approximate surface area is 76.2 Å². The van der Waals surface area contributed by atoms with E-state index in [0.29, 0.717) is 5.92 Å². The van der Waals surface area contributed by atoms with Gasteiger partial charge in [-0.25, -0.2) is 0 Å². The van der Waals surface area contributed by atoms with Crippen LogP contribution >= 0.6 is 11.3 Å². The molecule has 0 fully saturated rings. The Bertz CT molecular complexity index is 362. The third-order valence-corrected chi connectivity index (χ3v) is 2.96. The minimum Gasteiger partial charge on any atom is -0.131 e. The topological polar surface area (TPSA) is 0 Å². The zero-order valence-electron chi connectivity index (χ0n) is 6.53. The van der Waals surface area contributed by atoms with Gasteiger partial charge in [-0.1, -0.05) is 30.2 Å². The Morgan fingerprint density at radius 2 is 2.00 bits per heavy atom. The molecule has 1 heteroatoms. The van der Waals surface area contributed by atoms with Gasteiger partial charge in [-0.05, 0) is 12.1 Å². The summed E-state index contributed by atoms with van der Waals surface area (Å²) in [5.41, 5.74) is 0. The molecule has 0 radical (unpaired) electrons. The van der Waals surface area contributed by atoms with Crippen LogP contribution in [0, 0.1) is 12.3 Å². The Morgan fingerprint density at radius 3 is 2.58 bits per heavy atom. The minimum absolute atomic E-state index is 0.456. The van der Waals surface area contributed by atoms with Crippen LogP contribution in [0.15, 0.2) is 36.4 Å². The highest BCUT2D eigenvalue weighted by atomic mass is 32.1. The highest BCUT2D eigenvalue weighted by Gasteiger charge is 2.08. The summed E-state index contributed by atoms with van der Waals surface area (Å²) in [5.74, 6) is 3.10. The van der Waals surface area contributed by atoms with Crippen molar-refractivity contribution in [3.63, 3.8) is 0 Å². The van der Waals surface area contributed by atoms with Crippen molar-refractivity contribution in [3.05, 3.63) is 46.2 Å². The number of rotatable bonds is 1. The van der Waals surface area contributed by atoms with Crippen LogP contribution < -0.4 is 0 Å². The van der Waals surface area contributed by atoms with E-state index in [1.165, 1.54) is 4.88 Å². The molecular weight excluding hydrogens is 164 g/mol. The van der Waals surface area contributed by atoms with Gasteiger partial charge in [-0.3, -0.25) is 0 Å². The lowest BCUT2D eigenvalue weighted by Crippen LogP contribution is -1.80. The molecule has 2 rings (SSSR count). The lowest BCUT2D eigenvalue weighted by Gasteiger charge is -1.98. The lowest BCUT2D eigenvalue weighted by molar-refractivity contribution is 1.15. The van der Waals surface area contributed by atoms with Crippen LogP contribution in [-0.4, -0.2) is 0 Å². The summed E-state index contributed by atoms with van der Waals surface area (Å²) >= 11 is 1.69. The van der Waals surface area contributed by atoms with Crippen molar-refractivity contribution in [2.45, 2.75) is 5.92 Å². The second kappa shape index (κ2) is 3.00. The van der Waals surface area contributed by atoms with Crippen LogP contribution in [-0.2, 0) is 0 Å². The Balaban J connectivity index is 2.30. The molecule has 1 aromatic rings. The van der Waals surface area contributed by atoms with E-state index in [0.717, 1.165) is 4.88 Å². The average Bonchev–Trinajstić information content (AvgIpc) is 2.75. The van der Waals surface area contributed by atoms with Gasteiger partial charge in [0.05, 0.1) is 4.88 Å². The molecule has 12 heavy (non-hydrogen) atoms. The number of hydrogen-bond acceptors (Lipinski definition) is 1. The molecule has 0 unspecified atom stereocenters. The van der Waals surface area contributed by atoms with Crippen LogP contribution in [0.1, 0.15) is 15.7 Å². The third-order valence-electron chi connectivity index (χ3n) is 1.85. The molecule has 1 aliphatic carbocycles. The van der Waals surface area contributed by atoms with Gasteiger partial charge < -0.3 is 0 Å². The molecule has 0 atom stereocenters. The van der Waals surface area contributed by atoms with Gasteiger partial charge in [-0.2, -0.15) is 0 Å². The first-order chi connectivity index (χ1) is 5.90. The van der Waals surface area contributed by atoms with Crippen LogP contribution in [0.5, 0.6) is 0 Å². The fourth-order valence-corrected chi connectivity index (χ4v) is 2.11. The lowest BCUT2D eigenvalue weighted by atomic mass is 10.1. The molecular formula is C11H8S. The normalized spacial score (nSPS) is 15.2. The summed E-state index contributed by atoms with van der Waals surface area (Å²) in [7, 11) is 0. The third kappa shape index (κ3) is 1.22. The molecule has 0 nitrogen and oxygen atoms in total. The van der Waals surface area contributed by atoms with Gasteiger partial charge >= 0.3 is 0 Å². The minimum atomic E-state index is 0.456. The molecule has 0 bridgehead atoms. The largest absolute Gasteiger partial charge is 0.131 e. The number of hydrogen-bond donors (Lipinski definition) is 0. The summed E-state index contributed by atoms with van der Waals surface area (Å²) in [5, 5.41) is 0. The van der Waals surface area contributed by atoms with E-state index in [9.17, 15) is 0 Å². The number of terminal acetylenes is 1. The van der Waals surface area contributed by atoms with Gasteiger partial charge in [0.25, 0.3) is 0 Å². The quantitative estimate of drug-likeness (QED) is 0.571. The van der Waals surface area contributed by atoms with E-state index in [4.69, 9.17) is 6.42 Å². The molecule has 1 aliphatic rings. The summed E-state index contributed by atoms with van der Waals surface area (Å²) in [6.07, 6.45) is 13.8. The fourth-order valence-electron chi connectivity index (χ4n) is 1.23. The highest BCUT2D eigenvalue weighted by Crippen LogP contribution is 2.28. The molecule has 0 spiro atoms. The summed E-state index contributed by atoms with van der Waals surface area (Å²) in [6, 6.07) is 4.10. The van der Waals surface area contributed by atoms with E-state index in [1.54, 1.807) is 11.3 Å². The molecule has 0 aliphatic heterocycles. The van der Waals surface area contributed by atoms with Crippen LogP contribution in [0.4, 0.5) is 0 Å². The molecule has 0 saturated carbocycles. The summed E-state index contributed by atoms with van der Waals surface area (Å²) in [6.45, 7) is 0. The van der Waals surface area contributed by atoms with Crippen molar-refractivity contribution in [1.29, 1.82) is 0 Å². The Hall–Kier alpha value is -1.26. The molecule has 58 valence electrons. The van der Waals surface area contributed by atoms with Gasteiger partial charge in [-0.15, -0.1) is 17.8 Å². The first kappa shape index (κ1) is 7.39. The molecule has 0 aromatic carbocycles. The van der Waals surface area contributed by atoms with E-state index in [2.05, 4.69) is 36.3 Å². The smallest absolute Gasteiger partial charge is 0.0769 e. The maximum Gasteiger partial charge on any atom is 0.0769 e. The first-order valence-electron chi connectivity index (χ1n) is 3.81. The molecule has 0 N–H and O–H groups in total. The van der Waals surface area contributed by atoms with E-state index in [-0.39, 0.29) is 0 Å². The van der Waals surface area contributed by atoms with Crippen molar-refractivity contribution in [2.24, 2.45) is 0 Å². The number of allylic oxidation sites excluding steroid dienone is 4. The highest BCUT2D eigenvalue weighted by molar-refractivity contribution is 7.12. The monoisotopic (exact) mass is 172 g/mol. The van der Waals surface area contributed by atoms with E-state index >= 15 is 0 Å². The van der Waals surface area contributed by atoms with Crippen molar-refractivity contribution < 1.29 is 0 Å². The van der Waals surface area contributed by atoms with Crippen molar-refractivity contribution >= 4 is 11.3 Å². The zero-order chi connectivity index (χ0) is 8.39. The SMILES string of the molecule is C#Cc1ccc(C2C=CC=C2)s1. The predicted octanol–water partition coefficient (Wildman–Crippen LogP) is 2.94. The Morgan fingerprint density at radius 1 is 1.25 bits per heavy atom. The fraction of sp³-hybridized carbons (Fsp3) is 0.0909. The van der Waals surface area contributed by atoms with E-state index in [1.807, 2.05) is 6.07 Å². The van der Waals surface area contributed by atoms with Gasteiger partial charge in [0.2, 0.25) is 0 Å². The van der Waals surface area contributed by atoms with Crippen LogP contribution in [0.2, 0.25) is 0 Å². The zero-order valence-corrected chi connectivity index (χ0v) is 7.34. The molecule has 1 heterocycles. The van der Waals surface area contributed by atoms with E-state index < -0.39 is 0 Å². The standard InChI is InChI=1S/C11H8S/c1-2-10-7-8-11(12-10)9-5-3-4-6-9/h1,3-9H. The van der Waals surface area contributed by atoms with Gasteiger partial charge in [0, 0.05) is 10.8 Å². The summed E-state index contributed by atoms with van der Waals surface area (Å²) < 4.78 is 0. The Kier molecular flexibility index (Phi) is 1.85. The predicted molar refractivity (Wildman–Crippen MR) is 53.3 cm³/mol. The van der Waals surface area contributed by atoms with Crippen LogP contribution in [0.3, 0.4) is 0 Å². The number of thiophene rings is 1.